The Labute approximate surface area is 152 Å². The number of ether oxygens (including phenoxy) is 1. The second-order valence-corrected chi connectivity index (χ2v) is 5.72. The van der Waals surface area contributed by atoms with E-state index in [1.807, 2.05) is 18.2 Å². The Balaban J connectivity index is 1.95. The first-order valence-electron chi connectivity index (χ1n) is 8.50. The van der Waals surface area contributed by atoms with Crippen LogP contribution < -0.4 is 10.1 Å². The first kappa shape index (κ1) is 19.4. The summed E-state index contributed by atoms with van der Waals surface area (Å²) < 4.78 is 5.30. The lowest BCUT2D eigenvalue weighted by Gasteiger charge is -2.18. The lowest BCUT2D eigenvalue weighted by atomic mass is 10.2. The molecule has 26 heavy (non-hydrogen) atoms. The van der Waals surface area contributed by atoms with Crippen LogP contribution >= 0.6 is 0 Å². The van der Waals surface area contributed by atoms with Crippen LogP contribution in [0.5, 0.6) is 5.75 Å². The summed E-state index contributed by atoms with van der Waals surface area (Å²) in [6.07, 6.45) is 0. The van der Waals surface area contributed by atoms with Gasteiger partial charge in [-0.05, 0) is 36.9 Å². The van der Waals surface area contributed by atoms with Gasteiger partial charge < -0.3 is 10.1 Å². The van der Waals surface area contributed by atoms with E-state index in [4.69, 9.17) is 4.74 Å². The highest BCUT2D eigenvalue weighted by Crippen LogP contribution is 2.25. The number of anilines is 1. The normalized spacial score (nSPS) is 10.6. The predicted molar refractivity (Wildman–Crippen MR) is 100 cm³/mol. The molecule has 0 saturated carbocycles. The molecule has 0 unspecified atom stereocenters. The van der Waals surface area contributed by atoms with Crippen LogP contribution in [-0.2, 0) is 11.3 Å². The number of nitro benzene ring substituents is 1. The summed E-state index contributed by atoms with van der Waals surface area (Å²) in [7, 11) is 0. The highest BCUT2D eigenvalue weighted by molar-refractivity contribution is 5.92. The first-order chi connectivity index (χ1) is 12.5. The quantitative estimate of drug-likeness (QED) is 0.549. The molecule has 1 N–H and O–H groups in total. The Morgan fingerprint density at radius 3 is 2.58 bits per heavy atom. The molecule has 0 heterocycles. The minimum absolute atomic E-state index is 0.0722. The fourth-order valence-corrected chi connectivity index (χ4v) is 2.52. The molecule has 0 bridgehead atoms. The average Bonchev–Trinajstić information content (AvgIpc) is 2.65. The number of nitrogens with zero attached hydrogens (tertiary/aromatic N) is 2. The Bertz CT molecular complexity index is 760. The van der Waals surface area contributed by atoms with Crippen LogP contribution in [0.2, 0.25) is 0 Å². The van der Waals surface area contributed by atoms with Gasteiger partial charge in [-0.1, -0.05) is 38.1 Å². The molecular formula is C19H23N3O4. The lowest BCUT2D eigenvalue weighted by Crippen LogP contribution is -2.22. The fourth-order valence-electron chi connectivity index (χ4n) is 2.52. The molecule has 2 aromatic rings. The van der Waals surface area contributed by atoms with Crippen LogP contribution in [0.25, 0.3) is 0 Å². The summed E-state index contributed by atoms with van der Waals surface area (Å²) in [4.78, 5) is 24.8. The molecule has 0 aliphatic heterocycles. The zero-order chi connectivity index (χ0) is 18.9. The monoisotopic (exact) mass is 357 g/mol. The number of para-hydroxylation sites is 2. The summed E-state index contributed by atoms with van der Waals surface area (Å²) in [6.45, 7) is 6.63. The van der Waals surface area contributed by atoms with E-state index in [1.165, 1.54) is 12.1 Å². The number of nitro groups is 1. The van der Waals surface area contributed by atoms with Crippen molar-refractivity contribution in [2.45, 2.75) is 20.4 Å². The third-order valence-corrected chi connectivity index (χ3v) is 3.93. The fraction of sp³-hybridized carbons (Fsp3) is 0.316. The minimum Gasteiger partial charge on any atom is -0.477 e. The van der Waals surface area contributed by atoms with Gasteiger partial charge in [-0.3, -0.25) is 19.8 Å². The van der Waals surface area contributed by atoms with Crippen LogP contribution in [0.15, 0.2) is 48.5 Å². The molecule has 138 valence electrons. The standard InChI is InChI=1S/C19H23N3O4/c1-3-21(4-2)13-15-8-7-9-16(12-15)20-19(23)14-26-18-11-6-5-10-17(18)22(24)25/h5-12H,3-4,13-14H2,1-2H3,(H,20,23). The molecule has 0 aliphatic carbocycles. The molecule has 7 heteroatoms. The summed E-state index contributed by atoms with van der Waals surface area (Å²) in [6, 6.07) is 13.6. The zero-order valence-electron chi connectivity index (χ0n) is 15.0. The van der Waals surface area contributed by atoms with E-state index >= 15 is 0 Å². The zero-order valence-corrected chi connectivity index (χ0v) is 15.0. The van der Waals surface area contributed by atoms with Gasteiger partial charge in [0.25, 0.3) is 5.91 Å². The molecule has 2 aromatic carbocycles. The summed E-state index contributed by atoms with van der Waals surface area (Å²) in [5.74, 6) is -0.300. The number of carbonyl (C=O) groups is 1. The lowest BCUT2D eigenvalue weighted by molar-refractivity contribution is -0.385. The minimum atomic E-state index is -0.538. The molecule has 0 fully saturated rings. The van der Waals surface area contributed by atoms with Crippen LogP contribution in [0.3, 0.4) is 0 Å². The van der Waals surface area contributed by atoms with Crippen LogP contribution in [0.1, 0.15) is 19.4 Å². The summed E-state index contributed by atoms with van der Waals surface area (Å²) in [5.41, 5.74) is 1.61. The van der Waals surface area contributed by atoms with Crippen molar-refractivity contribution in [2.24, 2.45) is 0 Å². The first-order valence-corrected chi connectivity index (χ1v) is 8.50. The van der Waals surface area contributed by atoms with Crippen molar-refractivity contribution in [3.63, 3.8) is 0 Å². The van der Waals surface area contributed by atoms with E-state index in [0.717, 1.165) is 25.2 Å². The van der Waals surface area contributed by atoms with Crippen LogP contribution in [0.4, 0.5) is 11.4 Å². The molecule has 0 atom stereocenters. The number of rotatable bonds is 9. The van der Waals surface area contributed by atoms with Crippen molar-refractivity contribution in [1.82, 2.24) is 4.90 Å². The molecule has 0 saturated heterocycles. The number of hydrogen-bond donors (Lipinski definition) is 1. The van der Waals surface area contributed by atoms with Crippen molar-refractivity contribution in [3.05, 3.63) is 64.2 Å². The molecule has 0 aromatic heterocycles. The van der Waals surface area contributed by atoms with Gasteiger partial charge >= 0.3 is 5.69 Å². The maximum atomic E-state index is 12.1. The van der Waals surface area contributed by atoms with E-state index < -0.39 is 4.92 Å². The third-order valence-electron chi connectivity index (χ3n) is 3.93. The summed E-state index contributed by atoms with van der Waals surface area (Å²) >= 11 is 0. The SMILES string of the molecule is CCN(CC)Cc1cccc(NC(=O)COc2ccccc2[N+](=O)[O-])c1. The van der Waals surface area contributed by atoms with E-state index in [-0.39, 0.29) is 24.0 Å². The Kier molecular flexibility index (Phi) is 7.11. The summed E-state index contributed by atoms with van der Waals surface area (Å²) in [5, 5.41) is 13.7. The van der Waals surface area contributed by atoms with Crippen LogP contribution in [-0.4, -0.2) is 35.4 Å². The molecule has 0 radical (unpaired) electrons. The van der Waals surface area contributed by atoms with Crippen LogP contribution in [0, 0.1) is 10.1 Å². The Morgan fingerprint density at radius 1 is 1.15 bits per heavy atom. The second kappa shape index (κ2) is 9.53. The van der Waals surface area contributed by atoms with Gasteiger partial charge in [0.1, 0.15) is 0 Å². The van der Waals surface area contributed by atoms with Crippen molar-refractivity contribution in [1.29, 1.82) is 0 Å². The molecule has 7 nitrogen and oxygen atoms in total. The maximum Gasteiger partial charge on any atom is 0.310 e. The number of benzene rings is 2. The molecule has 0 spiro atoms. The van der Waals surface area contributed by atoms with Crippen molar-refractivity contribution in [3.8, 4) is 5.75 Å². The van der Waals surface area contributed by atoms with Gasteiger partial charge in [0.2, 0.25) is 0 Å². The highest BCUT2D eigenvalue weighted by atomic mass is 16.6. The highest BCUT2D eigenvalue weighted by Gasteiger charge is 2.15. The number of amides is 1. The molecule has 0 aliphatic rings. The van der Waals surface area contributed by atoms with Gasteiger partial charge in [-0.15, -0.1) is 0 Å². The Morgan fingerprint density at radius 2 is 1.88 bits per heavy atom. The van der Waals surface area contributed by atoms with Gasteiger partial charge in [0.15, 0.2) is 12.4 Å². The van der Waals surface area contributed by atoms with Crippen molar-refractivity contribution < 1.29 is 14.5 Å². The predicted octanol–water partition coefficient (Wildman–Crippen LogP) is 3.45. The van der Waals surface area contributed by atoms with Gasteiger partial charge in [0, 0.05) is 18.3 Å². The number of nitrogens with one attached hydrogen (secondary N) is 1. The topological polar surface area (TPSA) is 84.7 Å². The average molecular weight is 357 g/mol. The number of hydrogen-bond acceptors (Lipinski definition) is 5. The van der Waals surface area contributed by atoms with E-state index in [9.17, 15) is 14.9 Å². The van der Waals surface area contributed by atoms with Crippen molar-refractivity contribution >= 4 is 17.3 Å². The van der Waals surface area contributed by atoms with Gasteiger partial charge in [-0.25, -0.2) is 0 Å². The largest absolute Gasteiger partial charge is 0.477 e. The maximum absolute atomic E-state index is 12.1. The number of carbonyl (C=O) groups excluding carboxylic acids is 1. The van der Waals surface area contributed by atoms with E-state index in [1.54, 1.807) is 18.2 Å². The van der Waals surface area contributed by atoms with Gasteiger partial charge in [0.05, 0.1) is 4.92 Å². The second-order valence-electron chi connectivity index (χ2n) is 5.72. The Hall–Kier alpha value is -2.93. The van der Waals surface area contributed by atoms with E-state index in [2.05, 4.69) is 24.1 Å². The molecule has 2 rings (SSSR count). The van der Waals surface area contributed by atoms with Gasteiger partial charge in [-0.2, -0.15) is 0 Å². The molecule has 1 amide bonds. The van der Waals surface area contributed by atoms with E-state index in [0.29, 0.717) is 5.69 Å². The smallest absolute Gasteiger partial charge is 0.310 e. The third kappa shape index (κ3) is 5.56. The molecular weight excluding hydrogens is 334 g/mol. The van der Waals surface area contributed by atoms with Crippen molar-refractivity contribution in [2.75, 3.05) is 25.0 Å².